The fourth-order valence-corrected chi connectivity index (χ4v) is 5.00. The molecule has 42 heavy (non-hydrogen) atoms. The number of hydrogen-bond acceptors (Lipinski definition) is 11. The van der Waals surface area contributed by atoms with Gasteiger partial charge in [0.2, 0.25) is 11.6 Å². The molecular weight excluding hydrogens is 546 g/mol. The van der Waals surface area contributed by atoms with Gasteiger partial charge in [0.1, 0.15) is 22.6 Å². The summed E-state index contributed by atoms with van der Waals surface area (Å²) in [5.74, 6) is -1.81. The van der Waals surface area contributed by atoms with Gasteiger partial charge in [-0.3, -0.25) is 39.8 Å². The van der Waals surface area contributed by atoms with Gasteiger partial charge in [-0.2, -0.15) is 0 Å². The molecule has 2 aliphatic rings. The summed E-state index contributed by atoms with van der Waals surface area (Å²) in [5, 5.41) is 46.9. The van der Waals surface area contributed by atoms with E-state index in [-0.39, 0.29) is 56.3 Å². The van der Waals surface area contributed by atoms with Crippen LogP contribution >= 0.6 is 0 Å². The van der Waals surface area contributed by atoms with E-state index in [0.29, 0.717) is 50.4 Å². The molecule has 4 rings (SSSR count). The number of aliphatic hydroxyl groups excluding tert-OH is 2. The number of benzene rings is 2. The molecule has 13 nitrogen and oxygen atoms in total. The molecular formula is C29H29N5O8. The average molecular weight is 576 g/mol. The van der Waals surface area contributed by atoms with E-state index >= 15 is 0 Å². The Morgan fingerprint density at radius 2 is 1.17 bits per heavy atom. The lowest BCUT2D eigenvalue weighted by Crippen LogP contribution is -2.18. The number of Topliss-reactive ketones (excluding diaryl/α,β-unsaturated/α-hetero) is 2. The number of nitro groups is 2. The van der Waals surface area contributed by atoms with Crippen molar-refractivity contribution in [1.82, 2.24) is 5.32 Å². The zero-order valence-electron chi connectivity index (χ0n) is 23.0. The van der Waals surface area contributed by atoms with Gasteiger partial charge in [-0.1, -0.05) is 12.1 Å². The monoisotopic (exact) mass is 575 g/mol. The van der Waals surface area contributed by atoms with Gasteiger partial charge in [-0.25, -0.2) is 0 Å². The number of hydrogen-bond donors (Lipinski definition) is 3. The molecule has 0 aromatic heterocycles. The summed E-state index contributed by atoms with van der Waals surface area (Å²) >= 11 is 0. The van der Waals surface area contributed by atoms with Crippen LogP contribution in [-0.2, 0) is 0 Å². The van der Waals surface area contributed by atoms with Crippen LogP contribution in [0.5, 0.6) is 0 Å². The van der Waals surface area contributed by atoms with Crippen LogP contribution in [0, 0.1) is 20.2 Å². The molecule has 0 saturated carbocycles. The second-order valence-electron chi connectivity index (χ2n) is 9.76. The van der Waals surface area contributed by atoms with Crippen LogP contribution in [0.15, 0.2) is 57.5 Å². The SMILES string of the molecule is CC(=NCCCCNCCCN=C(C)C1=C(O)c2cccc([N+](=O)[O-])c2C1=O)C1=C(O)c2cccc([N+](=O)[O-])c2C1=O. The molecule has 0 bridgehead atoms. The molecule has 0 aliphatic heterocycles. The fraction of sp³-hybridized carbons (Fsp3) is 0.310. The van der Waals surface area contributed by atoms with Gasteiger partial charge in [0, 0.05) is 47.8 Å². The molecule has 0 atom stereocenters. The summed E-state index contributed by atoms with van der Waals surface area (Å²) in [6.07, 6.45) is 2.15. The molecule has 0 radical (unpaired) electrons. The van der Waals surface area contributed by atoms with Crippen molar-refractivity contribution in [2.75, 3.05) is 26.2 Å². The number of nitro benzene ring substituents is 2. The molecule has 13 heteroatoms. The first kappa shape index (κ1) is 29.9. The van der Waals surface area contributed by atoms with E-state index in [0.717, 1.165) is 6.42 Å². The van der Waals surface area contributed by atoms with E-state index in [1.54, 1.807) is 13.8 Å². The Labute approximate surface area is 240 Å². The van der Waals surface area contributed by atoms with Crippen LogP contribution in [0.25, 0.3) is 11.5 Å². The van der Waals surface area contributed by atoms with Crippen molar-refractivity contribution in [3.8, 4) is 0 Å². The van der Waals surface area contributed by atoms with Gasteiger partial charge in [0.15, 0.2) is 0 Å². The number of allylic oxidation sites excluding steroid dienone is 2. The lowest BCUT2D eigenvalue weighted by Gasteiger charge is -2.05. The third kappa shape index (κ3) is 5.72. The second kappa shape index (κ2) is 12.6. The first-order valence-corrected chi connectivity index (χ1v) is 13.3. The zero-order chi connectivity index (χ0) is 30.6. The van der Waals surface area contributed by atoms with Crippen LogP contribution in [0.3, 0.4) is 0 Å². The van der Waals surface area contributed by atoms with E-state index < -0.39 is 21.4 Å². The number of ketones is 2. The first-order valence-electron chi connectivity index (χ1n) is 13.3. The van der Waals surface area contributed by atoms with Gasteiger partial charge in [-0.05, 0) is 58.3 Å². The lowest BCUT2D eigenvalue weighted by atomic mass is 10.0. The molecule has 2 aromatic rings. The standard InChI is InChI=1S/C29H29N5O8/c1-16(22-26(35)18-8-5-10-20(33(39)40)24(18)28(22)37)31-14-4-3-12-30-13-7-15-32-17(2)23-27(36)19-9-6-11-21(34(41)42)25(19)29(23)38/h5-6,8-11,30,35-36H,3-4,7,12-15H2,1-2H3. The third-order valence-corrected chi connectivity index (χ3v) is 7.07. The summed E-state index contributed by atoms with van der Waals surface area (Å²) in [5.41, 5.74) is -0.0629. The third-order valence-electron chi connectivity index (χ3n) is 7.07. The van der Waals surface area contributed by atoms with E-state index in [1.807, 2.05) is 0 Å². The number of carbonyl (C=O) groups excluding carboxylic acids is 2. The highest BCUT2D eigenvalue weighted by atomic mass is 16.6. The number of aliphatic imine (C=N–C) groups is 2. The Balaban J connectivity index is 1.19. The minimum Gasteiger partial charge on any atom is -0.506 e. The van der Waals surface area contributed by atoms with Crippen molar-refractivity contribution in [3.05, 3.63) is 90.0 Å². The predicted molar refractivity (Wildman–Crippen MR) is 157 cm³/mol. The number of nitrogens with one attached hydrogen (secondary N) is 1. The molecule has 2 aromatic carbocycles. The highest BCUT2D eigenvalue weighted by Gasteiger charge is 2.38. The topological polar surface area (TPSA) is 198 Å². The summed E-state index contributed by atoms with van der Waals surface area (Å²) in [4.78, 5) is 55.6. The molecule has 0 unspecified atom stereocenters. The van der Waals surface area contributed by atoms with E-state index in [2.05, 4.69) is 15.3 Å². The van der Waals surface area contributed by atoms with Crippen LogP contribution in [-0.4, -0.2) is 69.2 Å². The minimum atomic E-state index is -0.646. The van der Waals surface area contributed by atoms with Crippen molar-refractivity contribution < 1.29 is 29.6 Å². The van der Waals surface area contributed by atoms with Crippen LogP contribution in [0.4, 0.5) is 11.4 Å². The maximum atomic E-state index is 12.8. The number of nitrogens with zero attached hydrogens (tertiary/aromatic N) is 4. The van der Waals surface area contributed by atoms with Gasteiger partial charge < -0.3 is 15.5 Å². The normalized spacial score (nSPS) is 15.0. The van der Waals surface area contributed by atoms with Crippen molar-refractivity contribution in [1.29, 1.82) is 0 Å². The van der Waals surface area contributed by atoms with Gasteiger partial charge in [-0.15, -0.1) is 0 Å². The Morgan fingerprint density at radius 3 is 1.62 bits per heavy atom. The first-order chi connectivity index (χ1) is 20.1. The average Bonchev–Trinajstić information content (AvgIpc) is 3.37. The minimum absolute atomic E-state index is 0.0150. The molecule has 0 heterocycles. The van der Waals surface area contributed by atoms with E-state index in [9.17, 15) is 40.0 Å². The van der Waals surface area contributed by atoms with Gasteiger partial charge in [0.05, 0.1) is 21.0 Å². The summed E-state index contributed by atoms with van der Waals surface area (Å²) in [6.45, 7) is 5.33. The molecule has 2 aliphatic carbocycles. The Morgan fingerprint density at radius 1 is 0.738 bits per heavy atom. The second-order valence-corrected chi connectivity index (χ2v) is 9.76. The highest BCUT2D eigenvalue weighted by Crippen LogP contribution is 2.38. The van der Waals surface area contributed by atoms with Crippen molar-refractivity contribution >= 4 is 45.9 Å². The quantitative estimate of drug-likeness (QED) is 0.130. The fourth-order valence-electron chi connectivity index (χ4n) is 5.00. The van der Waals surface area contributed by atoms with Crippen LogP contribution in [0.2, 0.25) is 0 Å². The predicted octanol–water partition coefficient (Wildman–Crippen LogP) is 4.82. The highest BCUT2D eigenvalue weighted by molar-refractivity contribution is 6.37. The maximum Gasteiger partial charge on any atom is 0.281 e. The van der Waals surface area contributed by atoms with Crippen molar-refractivity contribution in [2.24, 2.45) is 9.98 Å². The number of aliphatic hydroxyl groups is 2. The number of carbonyl (C=O) groups is 2. The molecule has 0 saturated heterocycles. The summed E-state index contributed by atoms with van der Waals surface area (Å²) < 4.78 is 0. The van der Waals surface area contributed by atoms with Crippen molar-refractivity contribution in [2.45, 2.75) is 33.1 Å². The van der Waals surface area contributed by atoms with Gasteiger partial charge in [0.25, 0.3) is 11.4 Å². The Kier molecular flexibility index (Phi) is 9.01. The summed E-state index contributed by atoms with van der Waals surface area (Å²) in [7, 11) is 0. The molecule has 0 fully saturated rings. The molecule has 0 spiro atoms. The smallest absolute Gasteiger partial charge is 0.281 e. The van der Waals surface area contributed by atoms with E-state index in [4.69, 9.17) is 0 Å². The lowest BCUT2D eigenvalue weighted by molar-refractivity contribution is -0.385. The van der Waals surface area contributed by atoms with Crippen LogP contribution in [0.1, 0.15) is 65.0 Å². The summed E-state index contributed by atoms with van der Waals surface area (Å²) in [6, 6.07) is 8.24. The van der Waals surface area contributed by atoms with E-state index in [1.165, 1.54) is 36.4 Å². The Hall–Kier alpha value is -5.04. The largest absolute Gasteiger partial charge is 0.506 e. The molecule has 0 amide bonds. The number of rotatable bonds is 13. The molecule has 218 valence electrons. The Bertz CT molecular complexity index is 1500. The zero-order valence-corrected chi connectivity index (χ0v) is 23.0. The van der Waals surface area contributed by atoms with Gasteiger partial charge >= 0.3 is 0 Å². The number of fused-ring (bicyclic) bond motifs is 2. The maximum absolute atomic E-state index is 12.8. The number of unbranched alkanes of at least 4 members (excludes halogenated alkanes) is 1. The van der Waals surface area contributed by atoms with Crippen LogP contribution < -0.4 is 5.32 Å². The molecule has 3 N–H and O–H groups in total. The van der Waals surface area contributed by atoms with Crippen molar-refractivity contribution in [3.63, 3.8) is 0 Å².